The second-order valence-corrected chi connectivity index (χ2v) is 9.02. The molecular weight excluding hydrogens is 474 g/mol. The summed E-state index contributed by atoms with van der Waals surface area (Å²) in [4.78, 5) is 21.0. The van der Waals surface area contributed by atoms with Crippen molar-refractivity contribution in [2.45, 2.75) is 18.9 Å². The Morgan fingerprint density at radius 2 is 1.86 bits per heavy atom. The number of rotatable bonds is 13. The van der Waals surface area contributed by atoms with E-state index in [0.29, 0.717) is 12.2 Å². The smallest absolute Gasteiger partial charge is 0.230 e. The summed E-state index contributed by atoms with van der Waals surface area (Å²) in [5.74, 6) is 0.632. The lowest BCUT2D eigenvalue weighted by Gasteiger charge is -2.13. The second-order valence-electron chi connectivity index (χ2n) is 8.16. The highest BCUT2D eigenvalue weighted by Gasteiger charge is 2.09. The quantitative estimate of drug-likeness (QED) is 0.204. The predicted molar refractivity (Wildman–Crippen MR) is 143 cm³/mol. The van der Waals surface area contributed by atoms with Gasteiger partial charge in [0.05, 0.1) is 24.0 Å². The van der Waals surface area contributed by atoms with Crippen LogP contribution in [0.3, 0.4) is 0 Å². The number of anilines is 3. The number of benzene rings is 2. The third-order valence-electron chi connectivity index (χ3n) is 5.20. The number of nitrogens with zero attached hydrogens (tertiary/aromatic N) is 2. The van der Waals surface area contributed by atoms with Crippen molar-refractivity contribution < 1.29 is 14.6 Å². The molecule has 2 aromatic heterocycles. The summed E-state index contributed by atoms with van der Waals surface area (Å²) < 4.78 is 5.56. The molecule has 0 unspecified atom stereocenters. The van der Waals surface area contributed by atoms with Crippen molar-refractivity contribution in [2.24, 2.45) is 0 Å². The number of pyridine rings is 1. The lowest BCUT2D eigenvalue weighted by Crippen LogP contribution is -2.32. The Kier molecular flexibility index (Phi) is 9.38. The first-order chi connectivity index (χ1) is 17.6. The third kappa shape index (κ3) is 8.46. The molecule has 36 heavy (non-hydrogen) atoms. The number of carbonyl (C=O) groups is 1. The van der Waals surface area contributed by atoms with Gasteiger partial charge in [0.1, 0.15) is 18.5 Å². The Hall–Kier alpha value is -3.79. The number of para-hydroxylation sites is 1. The molecule has 0 aliphatic rings. The van der Waals surface area contributed by atoms with Gasteiger partial charge in [0, 0.05) is 23.8 Å². The van der Waals surface area contributed by atoms with Gasteiger partial charge in [-0.15, -0.1) is 11.3 Å². The van der Waals surface area contributed by atoms with Crippen LogP contribution in [0, 0.1) is 0 Å². The number of thiazole rings is 1. The second kappa shape index (κ2) is 13.3. The number of aromatic nitrogens is 2. The highest BCUT2D eigenvalue weighted by molar-refractivity contribution is 7.13. The van der Waals surface area contributed by atoms with Crippen LogP contribution in [0.25, 0.3) is 0 Å². The van der Waals surface area contributed by atoms with Crippen molar-refractivity contribution in [1.82, 2.24) is 15.3 Å². The largest absolute Gasteiger partial charge is 0.491 e. The van der Waals surface area contributed by atoms with Crippen molar-refractivity contribution in [2.75, 3.05) is 30.3 Å². The van der Waals surface area contributed by atoms with Crippen LogP contribution in [0.1, 0.15) is 11.3 Å². The molecule has 0 aliphatic carbocycles. The van der Waals surface area contributed by atoms with Crippen molar-refractivity contribution in [3.8, 4) is 5.75 Å². The zero-order valence-corrected chi connectivity index (χ0v) is 20.6. The average Bonchev–Trinajstić information content (AvgIpc) is 3.33. The lowest BCUT2D eigenvalue weighted by atomic mass is 10.1. The number of hydrogen-bond donors (Lipinski definition) is 4. The molecule has 0 fully saturated rings. The van der Waals surface area contributed by atoms with E-state index >= 15 is 0 Å². The molecule has 4 aromatic rings. The lowest BCUT2D eigenvalue weighted by molar-refractivity contribution is -0.115. The fourth-order valence-corrected chi connectivity index (χ4v) is 4.13. The van der Waals surface area contributed by atoms with Gasteiger partial charge in [-0.3, -0.25) is 9.78 Å². The maximum Gasteiger partial charge on any atom is 0.230 e. The van der Waals surface area contributed by atoms with Crippen molar-refractivity contribution >= 4 is 33.8 Å². The molecular formula is C27H29N5O3S. The van der Waals surface area contributed by atoms with Crippen LogP contribution in [0.5, 0.6) is 5.75 Å². The molecule has 0 aliphatic heterocycles. The normalized spacial score (nSPS) is 11.6. The van der Waals surface area contributed by atoms with Gasteiger partial charge in [-0.1, -0.05) is 30.3 Å². The van der Waals surface area contributed by atoms with Crippen LogP contribution < -0.4 is 20.7 Å². The Labute approximate surface area is 214 Å². The fraction of sp³-hybridized carbons (Fsp3) is 0.222. The van der Waals surface area contributed by atoms with Crippen LogP contribution in [0.2, 0.25) is 0 Å². The Morgan fingerprint density at radius 1 is 1.03 bits per heavy atom. The van der Waals surface area contributed by atoms with Crippen molar-refractivity contribution in [1.29, 1.82) is 0 Å². The molecule has 9 heteroatoms. The number of aliphatic hydroxyl groups excluding tert-OH is 1. The van der Waals surface area contributed by atoms with E-state index in [1.54, 1.807) is 12.4 Å². The summed E-state index contributed by atoms with van der Waals surface area (Å²) in [6, 6.07) is 21.0. The topological polar surface area (TPSA) is 108 Å². The van der Waals surface area contributed by atoms with E-state index in [4.69, 9.17) is 4.74 Å². The van der Waals surface area contributed by atoms with Gasteiger partial charge >= 0.3 is 0 Å². The molecule has 4 N–H and O–H groups in total. The Balaban J connectivity index is 1.13. The molecule has 0 spiro atoms. The van der Waals surface area contributed by atoms with E-state index in [-0.39, 0.29) is 18.9 Å². The Bertz CT molecular complexity index is 1200. The zero-order chi connectivity index (χ0) is 25.0. The van der Waals surface area contributed by atoms with Crippen LogP contribution in [-0.4, -0.2) is 46.8 Å². The van der Waals surface area contributed by atoms with Crippen LogP contribution in [0.4, 0.5) is 16.5 Å². The minimum Gasteiger partial charge on any atom is -0.491 e. The zero-order valence-electron chi connectivity index (χ0n) is 19.8. The average molecular weight is 504 g/mol. The van der Waals surface area contributed by atoms with Gasteiger partial charge in [-0.05, 0) is 54.9 Å². The first-order valence-corrected chi connectivity index (χ1v) is 12.6. The molecule has 1 atom stereocenters. The maximum absolute atomic E-state index is 12.4. The molecule has 0 saturated heterocycles. The Morgan fingerprint density at radius 3 is 2.64 bits per heavy atom. The SMILES string of the molecule is O=C(Cc1csc(Nc2cccnc2)n1)Nc1ccc(CCNC[C@H](O)COc2ccccc2)cc1. The molecule has 8 nitrogen and oxygen atoms in total. The van der Waals surface area contributed by atoms with Gasteiger partial charge in [-0.25, -0.2) is 4.98 Å². The van der Waals surface area contributed by atoms with E-state index < -0.39 is 6.10 Å². The van der Waals surface area contributed by atoms with Crippen molar-refractivity contribution in [3.63, 3.8) is 0 Å². The molecule has 4 rings (SSSR count). The number of amides is 1. The van der Waals surface area contributed by atoms with Gasteiger partial charge in [0.2, 0.25) is 5.91 Å². The van der Waals surface area contributed by atoms with Gasteiger partial charge in [0.25, 0.3) is 0 Å². The van der Waals surface area contributed by atoms with Crippen molar-refractivity contribution in [3.05, 3.63) is 95.8 Å². The maximum atomic E-state index is 12.4. The van der Waals surface area contributed by atoms with Gasteiger partial charge in [0.15, 0.2) is 5.13 Å². The predicted octanol–water partition coefficient (Wildman–Crippen LogP) is 4.03. The van der Waals surface area contributed by atoms with E-state index in [1.807, 2.05) is 72.1 Å². The summed E-state index contributed by atoms with van der Waals surface area (Å²) in [5.41, 5.74) is 3.45. The molecule has 0 radical (unpaired) electrons. The summed E-state index contributed by atoms with van der Waals surface area (Å²) in [6.45, 7) is 1.43. The highest BCUT2D eigenvalue weighted by atomic mass is 32.1. The summed E-state index contributed by atoms with van der Waals surface area (Å²) >= 11 is 1.45. The minimum absolute atomic E-state index is 0.116. The number of aliphatic hydroxyl groups is 1. The summed E-state index contributed by atoms with van der Waals surface area (Å²) in [7, 11) is 0. The van der Waals surface area contributed by atoms with Crippen LogP contribution in [-0.2, 0) is 17.6 Å². The minimum atomic E-state index is -0.581. The highest BCUT2D eigenvalue weighted by Crippen LogP contribution is 2.21. The molecule has 0 bridgehead atoms. The standard InChI is InChI=1S/C27H29N5O3S/c33-24(18-35-25-6-2-1-3-7-25)17-29-14-12-20-8-10-21(11-9-20)30-26(34)15-23-19-36-27(32-23)31-22-5-4-13-28-16-22/h1-11,13,16,19,24,29,33H,12,14-15,17-18H2,(H,30,34)(H,31,32)/t24-/m0/s1. The molecule has 0 saturated carbocycles. The van der Waals surface area contributed by atoms with Crippen LogP contribution >= 0.6 is 11.3 Å². The number of nitrogens with one attached hydrogen (secondary N) is 3. The summed E-state index contributed by atoms with van der Waals surface area (Å²) in [6.07, 6.45) is 3.86. The van der Waals surface area contributed by atoms with Crippen LogP contribution in [0.15, 0.2) is 84.5 Å². The van der Waals surface area contributed by atoms with E-state index in [0.717, 1.165) is 40.8 Å². The van der Waals surface area contributed by atoms with E-state index in [2.05, 4.69) is 25.9 Å². The first-order valence-electron chi connectivity index (χ1n) is 11.7. The monoisotopic (exact) mass is 503 g/mol. The molecule has 2 aromatic carbocycles. The van der Waals surface area contributed by atoms with E-state index in [1.165, 1.54) is 11.3 Å². The number of ether oxygens (including phenoxy) is 1. The third-order valence-corrected chi connectivity index (χ3v) is 6.01. The number of hydrogen-bond acceptors (Lipinski definition) is 8. The molecule has 186 valence electrons. The fourth-order valence-electron chi connectivity index (χ4n) is 3.40. The number of carbonyl (C=O) groups excluding carboxylic acids is 1. The van der Waals surface area contributed by atoms with E-state index in [9.17, 15) is 9.90 Å². The first kappa shape index (κ1) is 25.3. The van der Waals surface area contributed by atoms with Gasteiger partial charge in [-0.2, -0.15) is 0 Å². The van der Waals surface area contributed by atoms with Gasteiger partial charge < -0.3 is 25.8 Å². The summed E-state index contributed by atoms with van der Waals surface area (Å²) in [5, 5.41) is 22.0. The molecule has 2 heterocycles. The molecule has 1 amide bonds.